The Morgan fingerprint density at radius 1 is 1.41 bits per heavy atom. The van der Waals surface area contributed by atoms with Crippen molar-refractivity contribution in [2.45, 2.75) is 12.8 Å². The minimum absolute atomic E-state index is 0.374. The van der Waals surface area contributed by atoms with Crippen molar-refractivity contribution in [2.24, 2.45) is 0 Å². The molecule has 88 valence electrons. The third-order valence-corrected chi connectivity index (χ3v) is 2.75. The molecule has 1 unspecified atom stereocenters. The molecule has 0 aliphatic carbocycles. The number of carbonyl (C=O) groups is 1. The maximum absolute atomic E-state index is 11.0. The lowest BCUT2D eigenvalue weighted by molar-refractivity contribution is -0.138. The van der Waals surface area contributed by atoms with Crippen molar-refractivity contribution in [3.05, 3.63) is 35.9 Å². The van der Waals surface area contributed by atoms with Gasteiger partial charge in [0.05, 0.1) is 18.5 Å². The van der Waals surface area contributed by atoms with E-state index in [9.17, 15) is 4.79 Å². The predicted molar refractivity (Wildman–Crippen MR) is 64.3 cm³/mol. The fraction of sp³-hybridized carbons (Fsp3) is 0.231. The van der Waals surface area contributed by atoms with Gasteiger partial charge in [0.1, 0.15) is 0 Å². The second-order valence-electron chi connectivity index (χ2n) is 3.84. The van der Waals surface area contributed by atoms with Gasteiger partial charge >= 0.3 is 5.97 Å². The normalized spacial score (nSPS) is 12.4. The van der Waals surface area contributed by atoms with E-state index in [0.717, 1.165) is 10.9 Å². The van der Waals surface area contributed by atoms with Crippen LogP contribution in [0.15, 0.2) is 30.3 Å². The van der Waals surface area contributed by atoms with E-state index in [0.29, 0.717) is 11.4 Å². The molecule has 1 heterocycles. The molecule has 4 nitrogen and oxygen atoms in total. The first kappa shape index (κ1) is 11.4. The minimum Gasteiger partial charge on any atom is -0.481 e. The van der Waals surface area contributed by atoms with E-state index in [1.165, 1.54) is 7.11 Å². The van der Waals surface area contributed by atoms with Gasteiger partial charge in [-0.1, -0.05) is 18.2 Å². The van der Waals surface area contributed by atoms with Crippen LogP contribution in [0.3, 0.4) is 0 Å². The second-order valence-corrected chi connectivity index (χ2v) is 3.84. The molecule has 0 bridgehead atoms. The van der Waals surface area contributed by atoms with Crippen LogP contribution in [-0.2, 0) is 4.79 Å². The lowest BCUT2D eigenvalue weighted by Crippen LogP contribution is -2.09. The number of hydrogen-bond acceptors (Lipinski definition) is 3. The van der Waals surface area contributed by atoms with Gasteiger partial charge in [-0.2, -0.15) is 0 Å². The van der Waals surface area contributed by atoms with Gasteiger partial charge in [0.15, 0.2) is 0 Å². The van der Waals surface area contributed by atoms with Gasteiger partial charge in [-0.05, 0) is 19.1 Å². The van der Waals surface area contributed by atoms with Gasteiger partial charge in [0.2, 0.25) is 5.88 Å². The molecule has 0 saturated carbocycles. The van der Waals surface area contributed by atoms with Crippen LogP contribution in [0.4, 0.5) is 0 Å². The summed E-state index contributed by atoms with van der Waals surface area (Å²) in [6, 6.07) is 9.37. The molecule has 0 amide bonds. The zero-order valence-electron chi connectivity index (χ0n) is 9.68. The number of para-hydroxylation sites is 1. The number of aliphatic carboxylic acids is 1. The average Bonchev–Trinajstić information content (AvgIpc) is 2.36. The number of benzene rings is 1. The highest BCUT2D eigenvalue weighted by atomic mass is 16.5. The van der Waals surface area contributed by atoms with Gasteiger partial charge in [-0.15, -0.1) is 0 Å². The molecule has 0 saturated heterocycles. The summed E-state index contributed by atoms with van der Waals surface area (Å²) < 4.78 is 5.15. The highest BCUT2D eigenvalue weighted by Gasteiger charge is 2.19. The molecule has 2 aromatic rings. The molecule has 1 aromatic carbocycles. The van der Waals surface area contributed by atoms with Crippen LogP contribution in [0.2, 0.25) is 0 Å². The molecule has 1 aromatic heterocycles. The Bertz CT molecular complexity index is 566. The van der Waals surface area contributed by atoms with Crippen molar-refractivity contribution in [3.63, 3.8) is 0 Å². The summed E-state index contributed by atoms with van der Waals surface area (Å²) in [4.78, 5) is 15.3. The first-order chi connectivity index (χ1) is 8.13. The van der Waals surface area contributed by atoms with E-state index < -0.39 is 11.9 Å². The largest absolute Gasteiger partial charge is 0.481 e. The van der Waals surface area contributed by atoms with Gasteiger partial charge in [-0.25, -0.2) is 4.98 Å². The average molecular weight is 231 g/mol. The molecule has 1 N–H and O–H groups in total. The van der Waals surface area contributed by atoms with E-state index in [-0.39, 0.29) is 0 Å². The predicted octanol–water partition coefficient (Wildman–Crippen LogP) is 2.43. The van der Waals surface area contributed by atoms with Crippen LogP contribution in [-0.4, -0.2) is 23.2 Å². The smallest absolute Gasteiger partial charge is 0.310 e. The molecule has 2 rings (SSSR count). The van der Waals surface area contributed by atoms with E-state index in [1.807, 2.05) is 30.3 Å². The number of ether oxygens (including phenoxy) is 1. The van der Waals surface area contributed by atoms with Crippen LogP contribution < -0.4 is 4.74 Å². The molecule has 0 aliphatic rings. The Balaban J connectivity index is 2.64. The molecule has 0 radical (unpaired) electrons. The number of aromatic nitrogens is 1. The lowest BCUT2D eigenvalue weighted by Gasteiger charge is -2.12. The number of carboxylic acids is 1. The number of pyridine rings is 1. The Morgan fingerprint density at radius 3 is 2.76 bits per heavy atom. The van der Waals surface area contributed by atoms with Crippen molar-refractivity contribution in [2.75, 3.05) is 7.11 Å². The molecule has 0 aliphatic heterocycles. The lowest BCUT2D eigenvalue weighted by atomic mass is 10.0. The van der Waals surface area contributed by atoms with Gasteiger partial charge < -0.3 is 9.84 Å². The van der Waals surface area contributed by atoms with E-state index in [1.54, 1.807) is 6.92 Å². The standard InChI is InChI=1S/C13H13NO3/c1-8(13(15)16)10-7-9-5-3-4-6-11(9)14-12(10)17-2/h3-8H,1-2H3,(H,15,16). The van der Waals surface area contributed by atoms with Crippen molar-refractivity contribution >= 4 is 16.9 Å². The van der Waals surface area contributed by atoms with Crippen LogP contribution >= 0.6 is 0 Å². The van der Waals surface area contributed by atoms with Crippen molar-refractivity contribution in [1.29, 1.82) is 0 Å². The molecule has 17 heavy (non-hydrogen) atoms. The Hall–Kier alpha value is -2.10. The molecule has 4 heteroatoms. The van der Waals surface area contributed by atoms with Crippen molar-refractivity contribution < 1.29 is 14.6 Å². The molecule has 0 fully saturated rings. The van der Waals surface area contributed by atoms with Gasteiger partial charge in [0.25, 0.3) is 0 Å². The maximum Gasteiger partial charge on any atom is 0.310 e. The summed E-state index contributed by atoms with van der Waals surface area (Å²) in [5.41, 5.74) is 1.39. The van der Waals surface area contributed by atoms with Crippen LogP contribution in [0.1, 0.15) is 18.4 Å². The number of hydrogen-bond donors (Lipinski definition) is 1. The zero-order chi connectivity index (χ0) is 12.4. The van der Waals surface area contributed by atoms with Crippen LogP contribution in [0.25, 0.3) is 10.9 Å². The number of methoxy groups -OCH3 is 1. The van der Waals surface area contributed by atoms with Gasteiger partial charge in [0, 0.05) is 10.9 Å². The second kappa shape index (κ2) is 4.41. The topological polar surface area (TPSA) is 59.4 Å². The maximum atomic E-state index is 11.0. The summed E-state index contributed by atoms with van der Waals surface area (Å²) in [5.74, 6) is -1.15. The fourth-order valence-corrected chi connectivity index (χ4v) is 1.72. The summed E-state index contributed by atoms with van der Waals surface area (Å²) >= 11 is 0. The Kier molecular flexibility index (Phi) is 2.95. The van der Waals surface area contributed by atoms with Crippen molar-refractivity contribution in [1.82, 2.24) is 4.98 Å². The summed E-state index contributed by atoms with van der Waals surface area (Å²) in [5, 5.41) is 9.96. The molecule has 0 spiro atoms. The van der Waals surface area contributed by atoms with E-state index in [4.69, 9.17) is 9.84 Å². The third-order valence-electron chi connectivity index (χ3n) is 2.75. The summed E-state index contributed by atoms with van der Waals surface area (Å²) in [6.45, 7) is 1.62. The third kappa shape index (κ3) is 2.06. The number of carboxylic acid groups (broad SMARTS) is 1. The summed E-state index contributed by atoms with van der Waals surface area (Å²) in [7, 11) is 1.50. The number of nitrogens with zero attached hydrogens (tertiary/aromatic N) is 1. The van der Waals surface area contributed by atoms with E-state index in [2.05, 4.69) is 4.98 Å². The molecular formula is C13H13NO3. The number of rotatable bonds is 3. The minimum atomic E-state index is -0.889. The van der Waals surface area contributed by atoms with Crippen LogP contribution in [0, 0.1) is 0 Å². The van der Waals surface area contributed by atoms with Crippen LogP contribution in [0.5, 0.6) is 5.88 Å². The zero-order valence-corrected chi connectivity index (χ0v) is 9.68. The Labute approximate surface area is 98.9 Å². The highest BCUT2D eigenvalue weighted by Crippen LogP contribution is 2.28. The molecular weight excluding hydrogens is 218 g/mol. The fourth-order valence-electron chi connectivity index (χ4n) is 1.72. The van der Waals surface area contributed by atoms with E-state index >= 15 is 0 Å². The van der Waals surface area contributed by atoms with Gasteiger partial charge in [-0.3, -0.25) is 4.79 Å². The SMILES string of the molecule is COc1nc2ccccc2cc1C(C)C(=O)O. The molecule has 1 atom stereocenters. The quantitative estimate of drug-likeness (QED) is 0.881. The first-order valence-electron chi connectivity index (χ1n) is 5.30. The Morgan fingerprint density at radius 2 is 2.12 bits per heavy atom. The van der Waals surface area contributed by atoms with Crippen molar-refractivity contribution in [3.8, 4) is 5.88 Å². The monoisotopic (exact) mass is 231 g/mol. The number of fused-ring (bicyclic) bond motifs is 1. The first-order valence-corrected chi connectivity index (χ1v) is 5.30. The highest BCUT2D eigenvalue weighted by molar-refractivity contribution is 5.83. The summed E-state index contributed by atoms with van der Waals surface area (Å²) in [6.07, 6.45) is 0.